The lowest BCUT2D eigenvalue weighted by molar-refractivity contribution is 0.0977. The average Bonchev–Trinajstić information content (AvgIpc) is 2.33. The highest BCUT2D eigenvalue weighted by atomic mass is 16.5. The van der Waals surface area contributed by atoms with E-state index in [2.05, 4.69) is 0 Å². The van der Waals surface area contributed by atoms with Gasteiger partial charge in [-0.05, 0) is 19.4 Å². The van der Waals surface area contributed by atoms with E-state index in [0.717, 1.165) is 16.9 Å². The maximum Gasteiger partial charge on any atom is 0.195 e. The molecule has 0 saturated carbocycles. The zero-order chi connectivity index (χ0) is 10.0. The Morgan fingerprint density at radius 2 is 2.00 bits per heavy atom. The predicted molar refractivity (Wildman–Crippen MR) is 48.9 cm³/mol. The Labute approximate surface area is 77.7 Å². The zero-order valence-electron chi connectivity index (χ0n) is 8.43. The minimum atomic E-state index is -0.0389. The summed E-state index contributed by atoms with van der Waals surface area (Å²) in [5, 5.41) is 0. The van der Waals surface area contributed by atoms with Gasteiger partial charge in [-0.15, -0.1) is 0 Å². The topological polar surface area (TPSA) is 39.4 Å². The maximum atomic E-state index is 11.1. The van der Waals surface area contributed by atoms with Gasteiger partial charge in [0.25, 0.3) is 0 Å². The first-order valence-electron chi connectivity index (χ1n) is 4.16. The van der Waals surface area contributed by atoms with Crippen LogP contribution in [0.2, 0.25) is 0 Å². The van der Waals surface area contributed by atoms with E-state index in [0.29, 0.717) is 12.4 Å². The molecule has 0 aromatic carbocycles. The molecular weight excluding hydrogens is 168 g/mol. The second kappa shape index (κ2) is 3.75. The largest absolute Gasteiger partial charge is 0.455 e. The lowest BCUT2D eigenvalue weighted by Crippen LogP contribution is -1.91. The van der Waals surface area contributed by atoms with Crippen molar-refractivity contribution in [3.05, 3.63) is 22.6 Å². The van der Waals surface area contributed by atoms with Crippen LogP contribution in [-0.4, -0.2) is 12.9 Å². The summed E-state index contributed by atoms with van der Waals surface area (Å²) in [7, 11) is 1.60. The molecule has 0 aliphatic carbocycles. The summed E-state index contributed by atoms with van der Waals surface area (Å²) in [5.41, 5.74) is 1.92. The van der Waals surface area contributed by atoms with Crippen molar-refractivity contribution in [1.29, 1.82) is 0 Å². The van der Waals surface area contributed by atoms with Crippen molar-refractivity contribution in [2.75, 3.05) is 7.11 Å². The van der Waals surface area contributed by atoms with Crippen LogP contribution in [0, 0.1) is 13.8 Å². The van der Waals surface area contributed by atoms with Crippen LogP contribution in [0.1, 0.15) is 34.4 Å². The van der Waals surface area contributed by atoms with E-state index >= 15 is 0 Å². The van der Waals surface area contributed by atoms with Gasteiger partial charge >= 0.3 is 0 Å². The van der Waals surface area contributed by atoms with Crippen LogP contribution in [0.15, 0.2) is 4.42 Å². The highest BCUT2D eigenvalue weighted by Crippen LogP contribution is 2.22. The number of carbonyl (C=O) groups excluding carboxylic acids is 1. The molecule has 0 saturated heterocycles. The number of ketones is 1. The number of carbonyl (C=O) groups is 1. The number of Topliss-reactive ketones (excluding diaryl/α,β-unsaturated/α-hetero) is 1. The number of ether oxygens (including phenoxy) is 1. The molecule has 1 rings (SSSR count). The van der Waals surface area contributed by atoms with Crippen LogP contribution in [0.3, 0.4) is 0 Å². The smallest absolute Gasteiger partial charge is 0.195 e. The monoisotopic (exact) mass is 182 g/mol. The third-order valence-corrected chi connectivity index (χ3v) is 2.14. The quantitative estimate of drug-likeness (QED) is 0.673. The van der Waals surface area contributed by atoms with Gasteiger partial charge in [-0.3, -0.25) is 4.79 Å². The van der Waals surface area contributed by atoms with Gasteiger partial charge in [0.15, 0.2) is 11.5 Å². The number of hydrogen-bond donors (Lipinski definition) is 0. The lowest BCUT2D eigenvalue weighted by atomic mass is 10.1. The van der Waals surface area contributed by atoms with Crippen molar-refractivity contribution in [2.24, 2.45) is 0 Å². The molecule has 0 aliphatic heterocycles. The van der Waals surface area contributed by atoms with Gasteiger partial charge in [0.1, 0.15) is 12.4 Å². The Balaban J connectivity index is 3.12. The standard InChI is InChI=1S/C10H14O3/c1-6-7(2)10(8(3)11)13-9(6)5-12-4/h5H2,1-4H3. The van der Waals surface area contributed by atoms with E-state index in [1.165, 1.54) is 6.92 Å². The van der Waals surface area contributed by atoms with Crippen LogP contribution in [0.5, 0.6) is 0 Å². The molecule has 0 bridgehead atoms. The van der Waals surface area contributed by atoms with E-state index in [1.807, 2.05) is 13.8 Å². The Morgan fingerprint density at radius 3 is 2.38 bits per heavy atom. The molecular formula is C10H14O3. The number of rotatable bonds is 3. The number of methoxy groups -OCH3 is 1. The highest BCUT2D eigenvalue weighted by Gasteiger charge is 2.15. The summed E-state index contributed by atoms with van der Waals surface area (Å²) in [6, 6.07) is 0. The maximum absolute atomic E-state index is 11.1. The van der Waals surface area contributed by atoms with Gasteiger partial charge in [0.05, 0.1) is 0 Å². The molecule has 0 N–H and O–H groups in total. The first-order chi connectivity index (χ1) is 6.07. The van der Waals surface area contributed by atoms with Gasteiger partial charge in [-0.2, -0.15) is 0 Å². The Bertz CT molecular complexity index is 323. The van der Waals surface area contributed by atoms with Crippen molar-refractivity contribution in [2.45, 2.75) is 27.4 Å². The normalized spacial score (nSPS) is 10.5. The molecule has 0 atom stereocenters. The summed E-state index contributed by atoms with van der Waals surface area (Å²) in [6.07, 6.45) is 0. The second-order valence-electron chi connectivity index (χ2n) is 3.09. The summed E-state index contributed by atoms with van der Waals surface area (Å²) >= 11 is 0. The minimum Gasteiger partial charge on any atom is -0.455 e. The molecule has 0 unspecified atom stereocenters. The molecule has 3 nitrogen and oxygen atoms in total. The van der Waals surface area contributed by atoms with Gasteiger partial charge in [0.2, 0.25) is 0 Å². The van der Waals surface area contributed by atoms with Crippen LogP contribution >= 0.6 is 0 Å². The lowest BCUT2D eigenvalue weighted by Gasteiger charge is -1.94. The molecule has 1 heterocycles. The summed E-state index contributed by atoms with van der Waals surface area (Å²) in [4.78, 5) is 11.1. The molecule has 1 aromatic heterocycles. The zero-order valence-corrected chi connectivity index (χ0v) is 8.43. The Morgan fingerprint density at radius 1 is 1.38 bits per heavy atom. The predicted octanol–water partition coefficient (Wildman–Crippen LogP) is 2.25. The summed E-state index contributed by atoms with van der Waals surface area (Å²) in [5.74, 6) is 1.15. The SMILES string of the molecule is COCc1oc(C(C)=O)c(C)c1C. The van der Waals surface area contributed by atoms with Crippen molar-refractivity contribution in [1.82, 2.24) is 0 Å². The molecule has 0 amide bonds. The summed E-state index contributed by atoms with van der Waals surface area (Å²) in [6.45, 7) is 5.73. The Kier molecular flexibility index (Phi) is 2.88. The molecule has 0 fully saturated rings. The van der Waals surface area contributed by atoms with Crippen molar-refractivity contribution >= 4 is 5.78 Å². The molecule has 3 heteroatoms. The van der Waals surface area contributed by atoms with Crippen LogP contribution < -0.4 is 0 Å². The fourth-order valence-corrected chi connectivity index (χ4v) is 1.26. The summed E-state index contributed by atoms with van der Waals surface area (Å²) < 4.78 is 10.3. The first-order valence-corrected chi connectivity index (χ1v) is 4.16. The molecule has 13 heavy (non-hydrogen) atoms. The third kappa shape index (κ3) is 1.80. The van der Waals surface area contributed by atoms with E-state index in [1.54, 1.807) is 7.11 Å². The van der Waals surface area contributed by atoms with Gasteiger partial charge in [-0.1, -0.05) is 0 Å². The van der Waals surface area contributed by atoms with Crippen LogP contribution in [0.25, 0.3) is 0 Å². The molecule has 1 aromatic rings. The second-order valence-corrected chi connectivity index (χ2v) is 3.09. The Hall–Kier alpha value is -1.09. The molecule has 72 valence electrons. The van der Waals surface area contributed by atoms with E-state index in [4.69, 9.17) is 9.15 Å². The average molecular weight is 182 g/mol. The minimum absolute atomic E-state index is 0.0389. The van der Waals surface area contributed by atoms with Crippen molar-refractivity contribution < 1.29 is 13.9 Å². The number of hydrogen-bond acceptors (Lipinski definition) is 3. The third-order valence-electron chi connectivity index (χ3n) is 2.14. The molecule has 0 aliphatic rings. The molecule has 0 spiro atoms. The number of furan rings is 1. The van der Waals surface area contributed by atoms with Crippen LogP contribution in [-0.2, 0) is 11.3 Å². The van der Waals surface area contributed by atoms with Crippen molar-refractivity contribution in [3.8, 4) is 0 Å². The molecule has 0 radical (unpaired) electrons. The highest BCUT2D eigenvalue weighted by molar-refractivity contribution is 5.93. The van der Waals surface area contributed by atoms with Gasteiger partial charge in [0, 0.05) is 19.6 Å². The van der Waals surface area contributed by atoms with E-state index in [9.17, 15) is 4.79 Å². The fourth-order valence-electron chi connectivity index (χ4n) is 1.26. The van der Waals surface area contributed by atoms with E-state index < -0.39 is 0 Å². The van der Waals surface area contributed by atoms with E-state index in [-0.39, 0.29) is 5.78 Å². The van der Waals surface area contributed by atoms with Gasteiger partial charge < -0.3 is 9.15 Å². The first kappa shape index (κ1) is 9.99. The van der Waals surface area contributed by atoms with Gasteiger partial charge in [-0.25, -0.2) is 0 Å². The fraction of sp³-hybridized carbons (Fsp3) is 0.500. The van der Waals surface area contributed by atoms with Crippen molar-refractivity contribution in [3.63, 3.8) is 0 Å². The van der Waals surface area contributed by atoms with Crippen LogP contribution in [0.4, 0.5) is 0 Å².